The van der Waals surface area contributed by atoms with Crippen LogP contribution in [0.15, 0.2) is 42.6 Å². The van der Waals surface area contributed by atoms with E-state index >= 15 is 0 Å². The quantitative estimate of drug-likeness (QED) is 0.730. The Balaban J connectivity index is 1.21. The minimum absolute atomic E-state index is 0.468. The third-order valence-corrected chi connectivity index (χ3v) is 8.15. The van der Waals surface area contributed by atoms with Gasteiger partial charge in [-0.2, -0.15) is 0 Å². The summed E-state index contributed by atoms with van der Waals surface area (Å²) in [7, 11) is 4.54. The number of hydrogen-bond donors (Lipinski definition) is 1. The van der Waals surface area contributed by atoms with Crippen LogP contribution in [0, 0.1) is 5.92 Å². The molecular weight excluding hydrogens is 406 g/mol. The molecule has 3 heterocycles. The molecule has 2 unspecified atom stereocenters. The maximum Gasteiger partial charge on any atom is 0.0607 e. The monoisotopic (exact) mass is 447 g/mol. The van der Waals surface area contributed by atoms with Crippen molar-refractivity contribution in [3.63, 3.8) is 0 Å². The van der Waals surface area contributed by atoms with Crippen molar-refractivity contribution in [3.05, 3.63) is 59.4 Å². The number of nitrogens with one attached hydrogen (secondary N) is 1. The minimum Gasteiger partial charge on any atom is -0.369 e. The zero-order valence-electron chi connectivity index (χ0n) is 20.5. The Bertz CT molecular complexity index is 907. The maximum atomic E-state index is 4.77. The predicted molar refractivity (Wildman–Crippen MR) is 137 cm³/mol. The highest BCUT2D eigenvalue weighted by molar-refractivity contribution is 5.54. The van der Waals surface area contributed by atoms with Gasteiger partial charge in [0.1, 0.15) is 0 Å². The molecule has 1 aromatic carbocycles. The summed E-state index contributed by atoms with van der Waals surface area (Å²) in [5.41, 5.74) is 5.80. The molecule has 3 aliphatic rings. The number of piperidine rings is 1. The standard InChI is InChI=1S/C28H41N5/c1-31-15-17-33(18-16-31)26-10-4-3-7-24(26)19-22-12-14-29-25(20-22)21-32(2)27-11-5-8-23-9-6-13-30-28(23)27/h3-4,6-7,9-10,13,22,25,27,29H,5,8,11-12,14-21H2,1-2H3/t22?,25?,27-/m0/s1. The maximum absolute atomic E-state index is 4.77. The van der Waals surface area contributed by atoms with Crippen molar-refractivity contribution < 1.29 is 0 Å². The summed E-state index contributed by atoms with van der Waals surface area (Å²) in [6, 6.07) is 14.6. The molecule has 5 rings (SSSR count). The van der Waals surface area contributed by atoms with E-state index in [2.05, 4.69) is 70.5 Å². The smallest absolute Gasteiger partial charge is 0.0607 e. The first-order valence-electron chi connectivity index (χ1n) is 13.1. The van der Waals surface area contributed by atoms with Crippen LogP contribution in [0.4, 0.5) is 5.69 Å². The number of para-hydroxylation sites is 1. The fourth-order valence-corrected chi connectivity index (χ4v) is 6.26. The molecular formula is C28H41N5. The number of rotatable bonds is 6. The number of anilines is 1. The lowest BCUT2D eigenvalue weighted by molar-refractivity contribution is 0.169. The van der Waals surface area contributed by atoms with E-state index in [1.54, 1.807) is 5.56 Å². The number of benzene rings is 1. The second-order valence-corrected chi connectivity index (χ2v) is 10.6. The highest BCUT2D eigenvalue weighted by Crippen LogP contribution is 2.33. The lowest BCUT2D eigenvalue weighted by Gasteiger charge is -2.38. The number of piperazine rings is 1. The number of pyridine rings is 1. The molecule has 5 nitrogen and oxygen atoms in total. The van der Waals surface area contributed by atoms with E-state index in [1.165, 1.54) is 55.5 Å². The van der Waals surface area contributed by atoms with Crippen LogP contribution in [-0.4, -0.2) is 74.2 Å². The zero-order valence-corrected chi connectivity index (χ0v) is 20.5. The summed E-state index contributed by atoms with van der Waals surface area (Å²) in [6.45, 7) is 6.86. The van der Waals surface area contributed by atoms with Crippen molar-refractivity contribution in [3.8, 4) is 0 Å². The van der Waals surface area contributed by atoms with Crippen LogP contribution in [0.2, 0.25) is 0 Å². The van der Waals surface area contributed by atoms with Gasteiger partial charge >= 0.3 is 0 Å². The Hall–Kier alpha value is -1.95. The summed E-state index contributed by atoms with van der Waals surface area (Å²) >= 11 is 0. The molecule has 33 heavy (non-hydrogen) atoms. The normalized spacial score (nSPS) is 26.4. The predicted octanol–water partition coefficient (Wildman–Crippen LogP) is 3.75. The van der Waals surface area contributed by atoms with Gasteiger partial charge in [-0.15, -0.1) is 0 Å². The highest BCUT2D eigenvalue weighted by atomic mass is 15.2. The van der Waals surface area contributed by atoms with Crippen molar-refractivity contribution in [2.75, 3.05) is 58.3 Å². The lowest BCUT2D eigenvalue weighted by atomic mass is 9.85. The lowest BCUT2D eigenvalue weighted by Crippen LogP contribution is -2.46. The Kier molecular flexibility index (Phi) is 7.29. The molecule has 178 valence electrons. The summed E-state index contributed by atoms with van der Waals surface area (Å²) in [4.78, 5) is 12.4. The fourth-order valence-electron chi connectivity index (χ4n) is 6.26. The summed E-state index contributed by atoms with van der Waals surface area (Å²) in [5.74, 6) is 0.759. The molecule has 1 aliphatic carbocycles. The van der Waals surface area contributed by atoms with Crippen LogP contribution in [0.3, 0.4) is 0 Å². The van der Waals surface area contributed by atoms with Gasteiger partial charge in [0, 0.05) is 50.6 Å². The van der Waals surface area contributed by atoms with E-state index in [1.807, 2.05) is 6.20 Å². The van der Waals surface area contributed by atoms with Gasteiger partial charge in [-0.3, -0.25) is 9.88 Å². The molecule has 5 heteroatoms. The SMILES string of the molecule is CN1CCN(c2ccccc2CC2CCNC(CN(C)[C@H]3CCCc4cccnc43)C2)CC1. The summed E-state index contributed by atoms with van der Waals surface area (Å²) in [5, 5.41) is 3.83. The Morgan fingerprint density at radius 2 is 1.91 bits per heavy atom. The van der Waals surface area contributed by atoms with E-state index in [9.17, 15) is 0 Å². The molecule has 2 fully saturated rings. The number of aryl methyl sites for hydroxylation is 1. The van der Waals surface area contributed by atoms with Gasteiger partial charge in [0.15, 0.2) is 0 Å². The zero-order chi connectivity index (χ0) is 22.6. The highest BCUT2D eigenvalue weighted by Gasteiger charge is 2.29. The Morgan fingerprint density at radius 1 is 1.06 bits per heavy atom. The molecule has 0 bridgehead atoms. The molecule has 1 aromatic heterocycles. The van der Waals surface area contributed by atoms with Crippen molar-refractivity contribution in [1.29, 1.82) is 0 Å². The van der Waals surface area contributed by atoms with Crippen molar-refractivity contribution in [2.45, 2.75) is 50.6 Å². The first-order chi connectivity index (χ1) is 16.2. The van der Waals surface area contributed by atoms with Crippen LogP contribution < -0.4 is 10.2 Å². The molecule has 0 spiro atoms. The molecule has 0 saturated carbocycles. The van der Waals surface area contributed by atoms with E-state index < -0.39 is 0 Å². The second kappa shape index (κ2) is 10.5. The molecule has 3 atom stereocenters. The van der Waals surface area contributed by atoms with Crippen LogP contribution in [-0.2, 0) is 12.8 Å². The number of likely N-dealkylation sites (N-methyl/N-ethyl adjacent to an activating group) is 2. The largest absolute Gasteiger partial charge is 0.369 e. The number of nitrogens with zero attached hydrogens (tertiary/aromatic N) is 4. The van der Waals surface area contributed by atoms with Crippen molar-refractivity contribution in [2.24, 2.45) is 5.92 Å². The number of aromatic nitrogens is 1. The summed E-state index contributed by atoms with van der Waals surface area (Å²) < 4.78 is 0. The van der Waals surface area contributed by atoms with Crippen molar-refractivity contribution >= 4 is 5.69 Å². The van der Waals surface area contributed by atoms with Gasteiger partial charge in [0.2, 0.25) is 0 Å². The van der Waals surface area contributed by atoms with Gasteiger partial charge in [0.25, 0.3) is 0 Å². The minimum atomic E-state index is 0.468. The molecule has 2 aromatic rings. The molecule has 0 amide bonds. The van der Waals surface area contributed by atoms with Crippen LogP contribution in [0.25, 0.3) is 0 Å². The van der Waals surface area contributed by atoms with E-state index in [0.29, 0.717) is 12.1 Å². The molecule has 2 aliphatic heterocycles. The first kappa shape index (κ1) is 22.8. The van der Waals surface area contributed by atoms with Gasteiger partial charge in [-0.25, -0.2) is 0 Å². The topological polar surface area (TPSA) is 34.6 Å². The van der Waals surface area contributed by atoms with Gasteiger partial charge < -0.3 is 15.1 Å². The third-order valence-electron chi connectivity index (χ3n) is 8.15. The summed E-state index contributed by atoms with van der Waals surface area (Å²) in [6.07, 6.45) is 9.42. The molecule has 1 N–H and O–H groups in total. The first-order valence-corrected chi connectivity index (χ1v) is 13.1. The molecule has 0 radical (unpaired) electrons. The average Bonchev–Trinajstić information content (AvgIpc) is 2.85. The van der Waals surface area contributed by atoms with Crippen LogP contribution in [0.5, 0.6) is 0 Å². The Labute approximate surface area is 200 Å². The van der Waals surface area contributed by atoms with Crippen molar-refractivity contribution in [1.82, 2.24) is 20.1 Å². The van der Waals surface area contributed by atoms with Crippen LogP contribution in [0.1, 0.15) is 48.5 Å². The number of hydrogen-bond acceptors (Lipinski definition) is 5. The van der Waals surface area contributed by atoms with E-state index in [0.717, 1.165) is 45.2 Å². The van der Waals surface area contributed by atoms with Gasteiger partial charge in [0.05, 0.1) is 11.7 Å². The fraction of sp³-hybridized carbons (Fsp3) is 0.607. The Morgan fingerprint density at radius 3 is 2.79 bits per heavy atom. The molecule has 2 saturated heterocycles. The van der Waals surface area contributed by atoms with Gasteiger partial charge in [-0.05, 0) is 88.3 Å². The van der Waals surface area contributed by atoms with E-state index in [4.69, 9.17) is 4.98 Å². The van der Waals surface area contributed by atoms with Gasteiger partial charge in [-0.1, -0.05) is 24.3 Å². The van der Waals surface area contributed by atoms with Crippen LogP contribution >= 0.6 is 0 Å². The third kappa shape index (κ3) is 5.42. The second-order valence-electron chi connectivity index (χ2n) is 10.6. The number of fused-ring (bicyclic) bond motifs is 1. The van der Waals surface area contributed by atoms with E-state index in [-0.39, 0.29) is 0 Å². The average molecular weight is 448 g/mol.